The van der Waals surface area contributed by atoms with E-state index in [0.717, 1.165) is 41.6 Å². The number of hydrogen-bond donors (Lipinski definition) is 1. The molecule has 2 heterocycles. The second-order valence-corrected chi connectivity index (χ2v) is 8.36. The fraction of sp³-hybridized carbons (Fsp3) is 0.500. The van der Waals surface area contributed by atoms with Gasteiger partial charge in [-0.1, -0.05) is 36.1 Å². The van der Waals surface area contributed by atoms with Gasteiger partial charge in [-0.15, -0.1) is 10.2 Å². The lowest BCUT2D eigenvalue weighted by Gasteiger charge is -2.35. The third-order valence-corrected chi connectivity index (χ3v) is 6.42. The highest BCUT2D eigenvalue weighted by atomic mass is 32.2. The molecule has 1 amide bonds. The lowest BCUT2D eigenvalue weighted by molar-refractivity contribution is -0.132. The second-order valence-electron chi connectivity index (χ2n) is 6.16. The zero-order valence-corrected chi connectivity index (χ0v) is 16.7. The fourth-order valence-electron chi connectivity index (χ4n) is 3.10. The van der Waals surface area contributed by atoms with E-state index in [2.05, 4.69) is 22.4 Å². The molecule has 0 bridgehead atoms. The van der Waals surface area contributed by atoms with Crippen LogP contribution in [-0.2, 0) is 4.79 Å². The first-order valence-electron chi connectivity index (χ1n) is 8.86. The van der Waals surface area contributed by atoms with Crippen molar-refractivity contribution in [1.29, 1.82) is 0 Å². The van der Waals surface area contributed by atoms with Crippen LogP contribution < -0.4 is 10.1 Å². The SMILES string of the molecule is CCC1CCCCN1C(=O)CSc1nnc(Nc2cccc(OC)c2)s1. The summed E-state index contributed by atoms with van der Waals surface area (Å²) in [7, 11) is 1.64. The summed E-state index contributed by atoms with van der Waals surface area (Å²) >= 11 is 2.92. The number of ether oxygens (including phenoxy) is 1. The van der Waals surface area contributed by atoms with Crippen molar-refractivity contribution in [2.75, 3.05) is 24.7 Å². The van der Waals surface area contributed by atoms with E-state index in [1.165, 1.54) is 29.5 Å². The van der Waals surface area contributed by atoms with E-state index in [-0.39, 0.29) is 5.91 Å². The van der Waals surface area contributed by atoms with Crippen LogP contribution in [0.1, 0.15) is 32.6 Å². The van der Waals surface area contributed by atoms with Crippen molar-refractivity contribution in [3.05, 3.63) is 24.3 Å². The molecule has 1 atom stereocenters. The van der Waals surface area contributed by atoms with Gasteiger partial charge in [0.1, 0.15) is 5.75 Å². The van der Waals surface area contributed by atoms with Gasteiger partial charge in [0.05, 0.1) is 12.9 Å². The molecule has 8 heteroatoms. The van der Waals surface area contributed by atoms with E-state index < -0.39 is 0 Å². The van der Waals surface area contributed by atoms with Crippen molar-refractivity contribution in [3.63, 3.8) is 0 Å². The molecule has 1 saturated heterocycles. The Labute approximate surface area is 162 Å². The molecule has 1 aromatic heterocycles. The van der Waals surface area contributed by atoms with Crippen LogP contribution in [0.2, 0.25) is 0 Å². The summed E-state index contributed by atoms with van der Waals surface area (Å²) in [6, 6.07) is 8.05. The zero-order valence-electron chi connectivity index (χ0n) is 15.1. The molecule has 0 aliphatic carbocycles. The first-order chi connectivity index (χ1) is 12.7. The molecule has 0 radical (unpaired) electrons. The van der Waals surface area contributed by atoms with Crippen molar-refractivity contribution in [1.82, 2.24) is 15.1 Å². The molecule has 1 aliphatic rings. The Morgan fingerprint density at radius 3 is 3.12 bits per heavy atom. The van der Waals surface area contributed by atoms with Gasteiger partial charge in [-0.05, 0) is 37.8 Å². The third-order valence-electron chi connectivity index (χ3n) is 4.47. The van der Waals surface area contributed by atoms with E-state index in [4.69, 9.17) is 4.74 Å². The third kappa shape index (κ3) is 4.88. The van der Waals surface area contributed by atoms with Crippen molar-refractivity contribution in [3.8, 4) is 5.75 Å². The van der Waals surface area contributed by atoms with Gasteiger partial charge in [-0.2, -0.15) is 0 Å². The highest BCUT2D eigenvalue weighted by molar-refractivity contribution is 8.01. The van der Waals surface area contributed by atoms with Crippen LogP contribution in [0.3, 0.4) is 0 Å². The number of likely N-dealkylation sites (tertiary alicyclic amines) is 1. The molecular weight excluding hydrogens is 368 g/mol. The summed E-state index contributed by atoms with van der Waals surface area (Å²) in [6.07, 6.45) is 4.50. The van der Waals surface area contributed by atoms with Crippen LogP contribution in [0.5, 0.6) is 5.75 Å². The molecule has 1 fully saturated rings. The molecular formula is C18H24N4O2S2. The summed E-state index contributed by atoms with van der Waals surface area (Å²) in [4.78, 5) is 14.6. The van der Waals surface area contributed by atoms with E-state index >= 15 is 0 Å². The van der Waals surface area contributed by atoms with E-state index in [0.29, 0.717) is 16.9 Å². The normalized spacial score (nSPS) is 17.2. The van der Waals surface area contributed by atoms with Crippen molar-refractivity contribution in [2.24, 2.45) is 0 Å². The number of carbonyl (C=O) groups is 1. The minimum absolute atomic E-state index is 0.207. The van der Waals surface area contributed by atoms with Gasteiger partial charge >= 0.3 is 0 Å². The number of nitrogens with one attached hydrogen (secondary N) is 1. The van der Waals surface area contributed by atoms with E-state index in [1.807, 2.05) is 29.2 Å². The van der Waals surface area contributed by atoms with Gasteiger partial charge in [-0.3, -0.25) is 4.79 Å². The highest BCUT2D eigenvalue weighted by Crippen LogP contribution is 2.29. The van der Waals surface area contributed by atoms with E-state index in [1.54, 1.807) is 7.11 Å². The number of piperidine rings is 1. The summed E-state index contributed by atoms with van der Waals surface area (Å²) in [5.74, 6) is 1.41. The quantitative estimate of drug-likeness (QED) is 0.713. The van der Waals surface area contributed by atoms with Crippen molar-refractivity contribution < 1.29 is 9.53 Å². The standard InChI is InChI=1S/C18H24N4O2S2/c1-3-14-8-4-5-10-22(14)16(23)12-25-18-21-20-17(26-18)19-13-7-6-9-15(11-13)24-2/h6-7,9,11,14H,3-5,8,10,12H2,1-2H3,(H,19,20). The average molecular weight is 393 g/mol. The van der Waals surface area contributed by atoms with Crippen molar-refractivity contribution >= 4 is 39.8 Å². The summed E-state index contributed by atoms with van der Waals surface area (Å²) in [5.41, 5.74) is 0.896. The van der Waals surface area contributed by atoms with Gasteiger partial charge in [-0.25, -0.2) is 0 Å². The Morgan fingerprint density at radius 2 is 2.31 bits per heavy atom. The highest BCUT2D eigenvalue weighted by Gasteiger charge is 2.25. The Bertz CT molecular complexity index is 737. The van der Waals surface area contributed by atoms with Gasteiger partial charge in [0, 0.05) is 24.3 Å². The molecule has 26 heavy (non-hydrogen) atoms. The largest absolute Gasteiger partial charge is 0.497 e. The maximum Gasteiger partial charge on any atom is 0.233 e. The van der Waals surface area contributed by atoms with Gasteiger partial charge in [0.15, 0.2) is 4.34 Å². The first-order valence-corrected chi connectivity index (χ1v) is 10.7. The number of benzene rings is 1. The Morgan fingerprint density at radius 1 is 1.42 bits per heavy atom. The lowest BCUT2D eigenvalue weighted by atomic mass is 10.0. The minimum atomic E-state index is 0.207. The van der Waals surface area contributed by atoms with Crippen LogP contribution in [0.4, 0.5) is 10.8 Å². The Hall–Kier alpha value is -1.80. The van der Waals surface area contributed by atoms with Gasteiger partial charge in [0.25, 0.3) is 0 Å². The van der Waals surface area contributed by atoms with Crippen LogP contribution in [0.25, 0.3) is 0 Å². The van der Waals surface area contributed by atoms with Crippen LogP contribution in [0.15, 0.2) is 28.6 Å². The minimum Gasteiger partial charge on any atom is -0.497 e. The molecule has 3 rings (SSSR count). The van der Waals surface area contributed by atoms with Gasteiger partial charge < -0.3 is 15.0 Å². The molecule has 2 aromatic rings. The van der Waals surface area contributed by atoms with Crippen LogP contribution in [-0.4, -0.2) is 46.5 Å². The predicted octanol–water partition coefficient (Wildman–Crippen LogP) is 4.17. The first kappa shape index (κ1) is 19.0. The van der Waals surface area contributed by atoms with E-state index in [9.17, 15) is 4.79 Å². The number of amides is 1. The molecule has 1 unspecified atom stereocenters. The zero-order chi connectivity index (χ0) is 18.4. The molecule has 1 aromatic carbocycles. The van der Waals surface area contributed by atoms with Crippen molar-refractivity contribution in [2.45, 2.75) is 43.0 Å². The monoisotopic (exact) mass is 392 g/mol. The molecule has 6 nitrogen and oxygen atoms in total. The average Bonchev–Trinajstić information content (AvgIpc) is 3.13. The number of thioether (sulfide) groups is 1. The lowest BCUT2D eigenvalue weighted by Crippen LogP contribution is -2.44. The summed E-state index contributed by atoms with van der Waals surface area (Å²) < 4.78 is 6.02. The number of nitrogens with zero attached hydrogens (tertiary/aromatic N) is 3. The fourth-order valence-corrected chi connectivity index (χ4v) is 4.76. The predicted molar refractivity (Wildman–Crippen MR) is 107 cm³/mol. The summed E-state index contributed by atoms with van der Waals surface area (Å²) in [5, 5.41) is 12.3. The maximum absolute atomic E-state index is 12.5. The number of hydrogen-bond acceptors (Lipinski definition) is 7. The molecule has 1 N–H and O–H groups in total. The van der Waals surface area contributed by atoms with Gasteiger partial charge in [0.2, 0.25) is 11.0 Å². The molecule has 0 saturated carbocycles. The van der Waals surface area contributed by atoms with Crippen LogP contribution >= 0.6 is 23.1 Å². The smallest absolute Gasteiger partial charge is 0.233 e. The number of rotatable bonds is 7. The van der Waals surface area contributed by atoms with Crippen LogP contribution in [0, 0.1) is 0 Å². The molecule has 0 spiro atoms. The number of anilines is 2. The Balaban J connectivity index is 1.54. The molecule has 1 aliphatic heterocycles. The topological polar surface area (TPSA) is 67.4 Å². The number of methoxy groups -OCH3 is 1. The number of aromatic nitrogens is 2. The second kappa shape index (κ2) is 9.23. The Kier molecular flexibility index (Phi) is 6.73. The molecule has 140 valence electrons. The maximum atomic E-state index is 12.5. The summed E-state index contributed by atoms with van der Waals surface area (Å²) in [6.45, 7) is 3.04. The number of carbonyl (C=O) groups excluding carboxylic acids is 1.